The molecule has 82 valence electrons. The molecule has 1 amide bonds. The first-order chi connectivity index (χ1) is 6.22. The van der Waals surface area contributed by atoms with E-state index in [1.165, 1.54) is 0 Å². The first kappa shape index (κ1) is 13.0. The van der Waals surface area contributed by atoms with Crippen molar-refractivity contribution in [1.29, 1.82) is 0 Å². The van der Waals surface area contributed by atoms with Gasteiger partial charge in [0.2, 0.25) is 5.91 Å². The van der Waals surface area contributed by atoms with Gasteiger partial charge in [-0.25, -0.2) is 0 Å². The van der Waals surface area contributed by atoms with Gasteiger partial charge in [0.25, 0.3) is 0 Å². The van der Waals surface area contributed by atoms with Crippen LogP contribution in [0.5, 0.6) is 0 Å². The van der Waals surface area contributed by atoms with Gasteiger partial charge in [-0.1, -0.05) is 13.5 Å². The topological polar surface area (TPSA) is 52.3 Å². The van der Waals surface area contributed by atoms with E-state index in [4.69, 9.17) is 10.5 Å². The van der Waals surface area contributed by atoms with Crippen LogP contribution in [-0.4, -0.2) is 11.5 Å². The van der Waals surface area contributed by atoms with Crippen LogP contribution in [0, 0.1) is 5.92 Å². The highest BCUT2D eigenvalue weighted by Crippen LogP contribution is 2.18. The zero-order valence-electron chi connectivity index (χ0n) is 9.59. The summed E-state index contributed by atoms with van der Waals surface area (Å²) in [5.41, 5.74) is 4.92. The second-order valence-electron chi connectivity index (χ2n) is 4.60. The molecule has 0 spiro atoms. The van der Waals surface area contributed by atoms with Crippen LogP contribution in [0.1, 0.15) is 40.5 Å². The lowest BCUT2D eigenvalue weighted by atomic mass is 10.0. The fourth-order valence-corrected chi connectivity index (χ4v) is 1.00. The first-order valence-corrected chi connectivity index (χ1v) is 4.88. The van der Waals surface area contributed by atoms with Gasteiger partial charge in [-0.05, 0) is 27.2 Å². The number of hydrogen-bond acceptors (Lipinski definition) is 2. The van der Waals surface area contributed by atoms with E-state index in [1.807, 2.05) is 27.7 Å². The Balaban J connectivity index is 3.81. The third-order valence-electron chi connectivity index (χ3n) is 1.79. The van der Waals surface area contributed by atoms with Crippen molar-refractivity contribution in [2.45, 2.75) is 46.1 Å². The molecule has 0 aliphatic rings. The zero-order valence-corrected chi connectivity index (χ0v) is 9.59. The number of primary amides is 1. The zero-order chi connectivity index (χ0) is 11.4. The molecule has 0 saturated heterocycles. The Hall–Kier alpha value is -0.990. The lowest BCUT2D eigenvalue weighted by molar-refractivity contribution is -0.121. The minimum absolute atomic E-state index is 0.115. The minimum atomic E-state index is -0.270. The molecule has 0 aliphatic heterocycles. The molecule has 14 heavy (non-hydrogen) atoms. The Morgan fingerprint density at radius 2 is 2.00 bits per heavy atom. The van der Waals surface area contributed by atoms with Gasteiger partial charge in [0.1, 0.15) is 5.60 Å². The van der Waals surface area contributed by atoms with Gasteiger partial charge >= 0.3 is 0 Å². The van der Waals surface area contributed by atoms with Crippen LogP contribution < -0.4 is 5.73 Å². The Kier molecular flexibility index (Phi) is 4.68. The summed E-state index contributed by atoms with van der Waals surface area (Å²) >= 11 is 0. The highest BCUT2D eigenvalue weighted by molar-refractivity contribution is 5.76. The van der Waals surface area contributed by atoms with Gasteiger partial charge in [-0.15, -0.1) is 0 Å². The highest BCUT2D eigenvalue weighted by atomic mass is 16.5. The lowest BCUT2D eigenvalue weighted by Crippen LogP contribution is -2.22. The Bertz CT molecular complexity index is 216. The van der Waals surface area contributed by atoms with E-state index in [0.717, 1.165) is 0 Å². The van der Waals surface area contributed by atoms with Crippen molar-refractivity contribution in [1.82, 2.24) is 0 Å². The van der Waals surface area contributed by atoms with Crippen LogP contribution in [0.2, 0.25) is 0 Å². The number of amides is 1. The first-order valence-electron chi connectivity index (χ1n) is 4.88. The van der Waals surface area contributed by atoms with Gasteiger partial charge in [0, 0.05) is 12.3 Å². The van der Waals surface area contributed by atoms with Crippen LogP contribution >= 0.6 is 0 Å². The van der Waals surface area contributed by atoms with Crippen molar-refractivity contribution in [3.8, 4) is 0 Å². The Morgan fingerprint density at radius 1 is 1.50 bits per heavy atom. The van der Waals surface area contributed by atoms with E-state index in [-0.39, 0.29) is 17.4 Å². The molecule has 0 rings (SSSR count). The second-order valence-corrected chi connectivity index (χ2v) is 4.60. The van der Waals surface area contributed by atoms with Crippen LogP contribution in [0.4, 0.5) is 0 Å². The van der Waals surface area contributed by atoms with Crippen molar-refractivity contribution in [3.63, 3.8) is 0 Å². The number of ether oxygens (including phenoxy) is 1. The molecule has 0 aromatic rings. The third-order valence-corrected chi connectivity index (χ3v) is 1.79. The minimum Gasteiger partial charge on any atom is -0.493 e. The maximum atomic E-state index is 10.7. The SMILES string of the molecule is C=C(CC[C@H](C)C(N)=O)OC(C)(C)C. The molecular formula is C11H21NO2. The van der Waals surface area contributed by atoms with Gasteiger partial charge < -0.3 is 10.5 Å². The molecule has 0 saturated carbocycles. The van der Waals surface area contributed by atoms with Gasteiger partial charge in [0.05, 0.1) is 5.76 Å². The lowest BCUT2D eigenvalue weighted by Gasteiger charge is -2.23. The summed E-state index contributed by atoms with van der Waals surface area (Å²) in [6.45, 7) is 11.5. The largest absolute Gasteiger partial charge is 0.493 e. The van der Waals surface area contributed by atoms with E-state index in [0.29, 0.717) is 18.6 Å². The smallest absolute Gasteiger partial charge is 0.220 e. The van der Waals surface area contributed by atoms with Crippen molar-refractivity contribution in [2.75, 3.05) is 0 Å². The molecule has 3 heteroatoms. The molecule has 3 nitrogen and oxygen atoms in total. The second kappa shape index (κ2) is 5.03. The molecule has 0 bridgehead atoms. The van der Waals surface area contributed by atoms with Crippen LogP contribution in [0.3, 0.4) is 0 Å². The quantitative estimate of drug-likeness (QED) is 0.690. The molecular weight excluding hydrogens is 178 g/mol. The molecule has 0 radical (unpaired) electrons. The van der Waals surface area contributed by atoms with Crippen LogP contribution in [-0.2, 0) is 9.53 Å². The molecule has 1 atom stereocenters. The maximum absolute atomic E-state index is 10.7. The van der Waals surface area contributed by atoms with Crippen molar-refractivity contribution in [3.05, 3.63) is 12.3 Å². The van der Waals surface area contributed by atoms with E-state index in [2.05, 4.69) is 6.58 Å². The Morgan fingerprint density at radius 3 is 2.36 bits per heavy atom. The predicted octanol–water partition coefficient (Wildman–Crippen LogP) is 2.22. The standard InChI is InChI=1S/C11H21NO2/c1-8(10(12)13)6-7-9(2)14-11(3,4)5/h8H,2,6-7H2,1,3-5H3,(H2,12,13)/t8-/m0/s1. The molecule has 0 heterocycles. The maximum Gasteiger partial charge on any atom is 0.220 e. The average Bonchev–Trinajstić information content (AvgIpc) is 1.96. The number of allylic oxidation sites excluding steroid dienone is 1. The van der Waals surface area contributed by atoms with Crippen molar-refractivity contribution in [2.24, 2.45) is 11.7 Å². The average molecular weight is 199 g/mol. The summed E-state index contributed by atoms with van der Waals surface area (Å²) < 4.78 is 5.52. The Labute approximate surface area is 86.3 Å². The highest BCUT2D eigenvalue weighted by Gasteiger charge is 2.14. The fourth-order valence-electron chi connectivity index (χ4n) is 1.00. The van der Waals surface area contributed by atoms with Gasteiger partial charge in [0.15, 0.2) is 0 Å². The third kappa shape index (κ3) is 6.52. The van der Waals surface area contributed by atoms with Crippen LogP contribution in [0.15, 0.2) is 12.3 Å². The summed E-state index contributed by atoms with van der Waals surface area (Å²) in [4.78, 5) is 10.7. The van der Waals surface area contributed by atoms with Crippen molar-refractivity contribution < 1.29 is 9.53 Å². The summed E-state index contributed by atoms with van der Waals surface area (Å²) in [6, 6.07) is 0. The number of rotatable bonds is 5. The number of hydrogen-bond donors (Lipinski definition) is 1. The predicted molar refractivity (Wildman–Crippen MR) is 57.6 cm³/mol. The molecule has 0 aliphatic carbocycles. The van der Waals surface area contributed by atoms with E-state index in [1.54, 1.807) is 0 Å². The summed E-state index contributed by atoms with van der Waals surface area (Å²) in [7, 11) is 0. The number of carbonyl (C=O) groups excluding carboxylic acids is 1. The summed E-state index contributed by atoms with van der Waals surface area (Å²) in [6.07, 6.45) is 1.38. The molecule has 0 aromatic carbocycles. The van der Waals surface area contributed by atoms with E-state index >= 15 is 0 Å². The summed E-state index contributed by atoms with van der Waals surface area (Å²) in [5.74, 6) is 0.328. The number of nitrogens with two attached hydrogens (primary N) is 1. The molecule has 0 fully saturated rings. The van der Waals surface area contributed by atoms with Crippen molar-refractivity contribution >= 4 is 5.91 Å². The molecule has 0 unspecified atom stereocenters. The van der Waals surface area contributed by atoms with Gasteiger partial charge in [-0.3, -0.25) is 4.79 Å². The van der Waals surface area contributed by atoms with E-state index in [9.17, 15) is 4.79 Å². The molecule has 0 aromatic heterocycles. The number of carbonyl (C=O) groups is 1. The summed E-state index contributed by atoms with van der Waals surface area (Å²) in [5, 5.41) is 0. The fraction of sp³-hybridized carbons (Fsp3) is 0.727. The monoisotopic (exact) mass is 199 g/mol. The van der Waals surface area contributed by atoms with Gasteiger partial charge in [-0.2, -0.15) is 0 Å². The van der Waals surface area contributed by atoms with E-state index < -0.39 is 0 Å². The molecule has 2 N–H and O–H groups in total. The normalized spacial score (nSPS) is 13.4. The van der Waals surface area contributed by atoms with Crippen LogP contribution in [0.25, 0.3) is 0 Å².